The van der Waals surface area contributed by atoms with Crippen molar-refractivity contribution in [2.24, 2.45) is 0 Å². The van der Waals surface area contributed by atoms with Crippen molar-refractivity contribution in [2.75, 3.05) is 11.9 Å². The number of halogens is 5. The first kappa shape index (κ1) is 18.3. The number of hydrogen-bond donors (Lipinski definition) is 2. The van der Waals surface area contributed by atoms with Gasteiger partial charge in [-0.3, -0.25) is 4.79 Å². The Bertz CT molecular complexity index is 734. The van der Waals surface area contributed by atoms with Crippen LogP contribution in [0.15, 0.2) is 46.9 Å². The van der Waals surface area contributed by atoms with Crippen LogP contribution in [0.2, 0.25) is 0 Å². The van der Waals surface area contributed by atoms with Gasteiger partial charge in [0.15, 0.2) is 0 Å². The lowest BCUT2D eigenvalue weighted by Gasteiger charge is -2.11. The summed E-state index contributed by atoms with van der Waals surface area (Å²) in [6.45, 7) is -0.101. The van der Waals surface area contributed by atoms with Gasteiger partial charge in [-0.05, 0) is 42.0 Å². The smallest absolute Gasteiger partial charge is 0.376 e. The van der Waals surface area contributed by atoms with Crippen LogP contribution in [0.3, 0.4) is 0 Å². The highest BCUT2D eigenvalue weighted by Gasteiger charge is 2.30. The van der Waals surface area contributed by atoms with E-state index in [-0.39, 0.29) is 18.8 Å². The van der Waals surface area contributed by atoms with Crippen LogP contribution in [0.4, 0.5) is 23.2 Å². The number of hydrogen-bond acceptors (Lipinski definition) is 2. The Kier molecular flexibility index (Phi) is 5.82. The van der Waals surface area contributed by atoms with Crippen LogP contribution in [0, 0.1) is 5.82 Å². The molecule has 0 saturated carbocycles. The molecule has 3 nitrogen and oxygen atoms in total. The topological polar surface area (TPSA) is 41.1 Å². The van der Waals surface area contributed by atoms with Gasteiger partial charge >= 0.3 is 6.18 Å². The highest BCUT2D eigenvalue weighted by atomic mass is 79.9. The molecular formula is C16H13BrF4N2O. The molecule has 0 radical (unpaired) electrons. The number of benzene rings is 2. The summed E-state index contributed by atoms with van der Waals surface area (Å²) in [6.07, 6.45) is -4.44. The molecule has 0 spiro atoms. The van der Waals surface area contributed by atoms with Crippen molar-refractivity contribution < 1.29 is 22.4 Å². The molecule has 0 bridgehead atoms. The number of carbonyl (C=O) groups excluding carboxylic acids is 1. The molecule has 0 aromatic heterocycles. The molecule has 2 aromatic rings. The maximum atomic E-state index is 13.1. The Morgan fingerprint density at radius 3 is 2.58 bits per heavy atom. The van der Waals surface area contributed by atoms with E-state index in [1.54, 1.807) is 0 Å². The van der Waals surface area contributed by atoms with Crippen molar-refractivity contribution in [1.82, 2.24) is 5.32 Å². The molecule has 2 rings (SSSR count). The second kappa shape index (κ2) is 7.65. The number of amides is 1. The third-order valence-electron chi connectivity index (χ3n) is 3.13. The van der Waals surface area contributed by atoms with Gasteiger partial charge < -0.3 is 10.6 Å². The number of rotatable bonds is 5. The van der Waals surface area contributed by atoms with Crippen molar-refractivity contribution in [2.45, 2.75) is 12.7 Å². The highest BCUT2D eigenvalue weighted by Crippen LogP contribution is 2.30. The average molecular weight is 405 g/mol. The quantitative estimate of drug-likeness (QED) is 0.727. The summed E-state index contributed by atoms with van der Waals surface area (Å²) in [5.41, 5.74) is -0.0501. The molecule has 8 heteroatoms. The molecule has 2 aromatic carbocycles. The first-order valence-corrected chi connectivity index (χ1v) is 7.67. The van der Waals surface area contributed by atoms with Crippen LogP contribution in [-0.2, 0) is 17.5 Å². The molecule has 24 heavy (non-hydrogen) atoms. The van der Waals surface area contributed by atoms with Crippen LogP contribution < -0.4 is 10.6 Å². The minimum absolute atomic E-state index is 0.0987. The zero-order chi connectivity index (χ0) is 17.7. The SMILES string of the molecule is O=C(CNc1cccc(C(F)(F)F)c1)NCc1cc(F)ccc1Br. The Hall–Kier alpha value is -2.09. The van der Waals surface area contributed by atoms with Gasteiger partial charge in [0.05, 0.1) is 12.1 Å². The molecule has 128 valence electrons. The van der Waals surface area contributed by atoms with Gasteiger partial charge in [0, 0.05) is 16.7 Å². The zero-order valence-corrected chi connectivity index (χ0v) is 13.8. The molecular weight excluding hydrogens is 392 g/mol. The van der Waals surface area contributed by atoms with Crippen LogP contribution in [0.5, 0.6) is 0 Å². The van der Waals surface area contributed by atoms with Gasteiger partial charge in [0.2, 0.25) is 5.91 Å². The maximum absolute atomic E-state index is 13.1. The standard InChI is InChI=1S/C16H13BrF4N2O/c17-14-5-4-12(18)6-10(14)8-23-15(24)9-22-13-3-1-2-11(7-13)16(19,20)21/h1-7,22H,8-9H2,(H,23,24). The molecule has 0 unspecified atom stereocenters. The third kappa shape index (κ3) is 5.23. The van der Waals surface area contributed by atoms with Crippen molar-refractivity contribution in [3.05, 3.63) is 63.9 Å². The second-order valence-electron chi connectivity index (χ2n) is 4.94. The van der Waals surface area contributed by atoms with Gasteiger partial charge in [-0.25, -0.2) is 4.39 Å². The van der Waals surface area contributed by atoms with E-state index in [1.807, 2.05) is 0 Å². The van der Waals surface area contributed by atoms with Crippen LogP contribution in [-0.4, -0.2) is 12.5 Å². The Morgan fingerprint density at radius 2 is 1.88 bits per heavy atom. The van der Waals surface area contributed by atoms with Crippen LogP contribution in [0.25, 0.3) is 0 Å². The van der Waals surface area contributed by atoms with E-state index in [4.69, 9.17) is 0 Å². The van der Waals surface area contributed by atoms with E-state index in [0.29, 0.717) is 10.0 Å². The summed E-state index contributed by atoms with van der Waals surface area (Å²) in [4.78, 5) is 11.8. The highest BCUT2D eigenvalue weighted by molar-refractivity contribution is 9.10. The minimum atomic E-state index is -4.44. The fourth-order valence-electron chi connectivity index (χ4n) is 1.92. The average Bonchev–Trinajstić information content (AvgIpc) is 2.53. The van der Waals surface area contributed by atoms with Gasteiger partial charge in [-0.15, -0.1) is 0 Å². The first-order valence-electron chi connectivity index (χ1n) is 6.87. The zero-order valence-electron chi connectivity index (χ0n) is 12.3. The maximum Gasteiger partial charge on any atom is 0.416 e. The van der Waals surface area contributed by atoms with Crippen LogP contribution in [0.1, 0.15) is 11.1 Å². The molecule has 0 atom stereocenters. The number of carbonyl (C=O) groups is 1. The lowest BCUT2D eigenvalue weighted by Crippen LogP contribution is -2.29. The van der Waals surface area contributed by atoms with E-state index in [0.717, 1.165) is 12.1 Å². The molecule has 0 aliphatic heterocycles. The predicted molar refractivity (Wildman–Crippen MR) is 85.9 cm³/mol. The van der Waals surface area contributed by atoms with Crippen molar-refractivity contribution in [1.29, 1.82) is 0 Å². The predicted octanol–water partition coefficient (Wildman–Crippen LogP) is 4.34. The lowest BCUT2D eigenvalue weighted by atomic mass is 10.2. The molecule has 0 aliphatic rings. The molecule has 1 amide bonds. The summed E-state index contributed by atoms with van der Waals surface area (Å²) in [5.74, 6) is -0.854. The summed E-state index contributed by atoms with van der Waals surface area (Å²) < 4.78 is 51.6. The second-order valence-corrected chi connectivity index (χ2v) is 5.80. The van der Waals surface area contributed by atoms with E-state index < -0.39 is 23.5 Å². The van der Waals surface area contributed by atoms with Crippen LogP contribution >= 0.6 is 15.9 Å². The van der Waals surface area contributed by atoms with E-state index in [9.17, 15) is 22.4 Å². The van der Waals surface area contributed by atoms with Gasteiger partial charge in [-0.1, -0.05) is 22.0 Å². The summed E-state index contributed by atoms with van der Waals surface area (Å²) in [7, 11) is 0. The van der Waals surface area contributed by atoms with Gasteiger partial charge in [0.25, 0.3) is 0 Å². The molecule has 0 fully saturated rings. The largest absolute Gasteiger partial charge is 0.416 e. The van der Waals surface area contributed by atoms with E-state index in [2.05, 4.69) is 26.6 Å². The van der Waals surface area contributed by atoms with E-state index >= 15 is 0 Å². The minimum Gasteiger partial charge on any atom is -0.376 e. The normalized spacial score (nSPS) is 11.2. The summed E-state index contributed by atoms with van der Waals surface area (Å²) in [6, 6.07) is 8.66. The number of alkyl halides is 3. The van der Waals surface area contributed by atoms with Crippen molar-refractivity contribution >= 4 is 27.5 Å². The van der Waals surface area contributed by atoms with E-state index in [1.165, 1.54) is 30.3 Å². The third-order valence-corrected chi connectivity index (χ3v) is 3.90. The van der Waals surface area contributed by atoms with Crippen molar-refractivity contribution in [3.63, 3.8) is 0 Å². The van der Waals surface area contributed by atoms with Crippen molar-refractivity contribution in [3.8, 4) is 0 Å². The number of anilines is 1. The Morgan fingerprint density at radius 1 is 1.12 bits per heavy atom. The summed E-state index contributed by atoms with van der Waals surface area (Å²) in [5, 5.41) is 5.18. The monoisotopic (exact) mass is 404 g/mol. The number of nitrogens with one attached hydrogen (secondary N) is 2. The molecule has 0 saturated heterocycles. The molecule has 0 aliphatic carbocycles. The fraction of sp³-hybridized carbons (Fsp3) is 0.188. The first-order chi connectivity index (χ1) is 11.3. The Labute approximate surface area is 144 Å². The fourth-order valence-corrected chi connectivity index (χ4v) is 2.31. The van der Waals surface area contributed by atoms with Gasteiger partial charge in [-0.2, -0.15) is 13.2 Å². The molecule has 2 N–H and O–H groups in total. The van der Waals surface area contributed by atoms with Gasteiger partial charge in [0.1, 0.15) is 5.82 Å². The lowest BCUT2D eigenvalue weighted by molar-refractivity contribution is -0.137. The Balaban J connectivity index is 1.88. The molecule has 0 heterocycles. The summed E-state index contributed by atoms with van der Waals surface area (Å²) >= 11 is 3.24.